The van der Waals surface area contributed by atoms with Crippen LogP contribution in [0.5, 0.6) is 11.5 Å². The lowest BCUT2D eigenvalue weighted by atomic mass is 10.0. The summed E-state index contributed by atoms with van der Waals surface area (Å²) < 4.78 is 11.5. The first-order chi connectivity index (χ1) is 15.2. The summed E-state index contributed by atoms with van der Waals surface area (Å²) in [5.74, 6) is 1.84. The number of benzene rings is 2. The molecule has 0 radical (unpaired) electrons. The van der Waals surface area contributed by atoms with Crippen molar-refractivity contribution < 1.29 is 9.47 Å². The number of pyridine rings is 1. The molecule has 6 nitrogen and oxygen atoms in total. The molecule has 7 heteroatoms. The van der Waals surface area contributed by atoms with Crippen molar-refractivity contribution in [3.63, 3.8) is 0 Å². The number of likely N-dealkylation sites (tertiary alicyclic amines) is 1. The highest BCUT2D eigenvalue weighted by atomic mass is 32.1. The third-order valence-corrected chi connectivity index (χ3v) is 6.84. The van der Waals surface area contributed by atoms with Crippen LogP contribution in [-0.4, -0.2) is 48.2 Å². The third-order valence-electron chi connectivity index (χ3n) is 5.93. The van der Waals surface area contributed by atoms with Crippen molar-refractivity contribution in [2.75, 3.05) is 32.6 Å². The van der Waals surface area contributed by atoms with E-state index in [1.807, 2.05) is 30.5 Å². The molecule has 0 amide bonds. The molecule has 160 valence electrons. The van der Waals surface area contributed by atoms with Crippen LogP contribution in [0.4, 0.5) is 5.13 Å². The van der Waals surface area contributed by atoms with Gasteiger partial charge in [-0.15, -0.1) is 0 Å². The van der Waals surface area contributed by atoms with Crippen LogP contribution in [0.3, 0.4) is 0 Å². The number of nitrogens with zero attached hydrogens (tertiary/aromatic N) is 3. The summed E-state index contributed by atoms with van der Waals surface area (Å²) in [7, 11) is 3.48. The largest absolute Gasteiger partial charge is 0.496 e. The van der Waals surface area contributed by atoms with Crippen molar-refractivity contribution in [1.82, 2.24) is 14.9 Å². The maximum absolute atomic E-state index is 5.82. The Morgan fingerprint density at radius 2 is 1.87 bits per heavy atom. The van der Waals surface area contributed by atoms with Gasteiger partial charge in [-0.05, 0) is 31.0 Å². The maximum Gasteiger partial charge on any atom is 0.185 e. The minimum absolute atomic E-state index is 0.435. The molecule has 0 aliphatic carbocycles. The van der Waals surface area contributed by atoms with Gasteiger partial charge in [-0.2, -0.15) is 0 Å². The maximum atomic E-state index is 5.82. The van der Waals surface area contributed by atoms with Gasteiger partial charge in [-0.3, -0.25) is 4.90 Å². The zero-order valence-corrected chi connectivity index (χ0v) is 18.6. The Kier molecular flexibility index (Phi) is 5.61. The first-order valence-electron chi connectivity index (χ1n) is 10.6. The molecule has 1 N–H and O–H groups in total. The molecular weight excluding hydrogens is 408 g/mol. The van der Waals surface area contributed by atoms with Crippen LogP contribution in [0, 0.1) is 0 Å². The second kappa shape index (κ2) is 8.69. The van der Waals surface area contributed by atoms with Crippen LogP contribution in [0.2, 0.25) is 0 Å². The first kappa shape index (κ1) is 20.0. The highest BCUT2D eigenvalue weighted by molar-refractivity contribution is 7.21. The Labute approximate surface area is 185 Å². The zero-order valence-electron chi connectivity index (χ0n) is 17.8. The Hall–Kier alpha value is -2.90. The van der Waals surface area contributed by atoms with Crippen molar-refractivity contribution in [3.8, 4) is 11.5 Å². The van der Waals surface area contributed by atoms with Gasteiger partial charge in [0.2, 0.25) is 0 Å². The molecular formula is C24H26N4O2S. The molecule has 5 rings (SSSR count). The summed E-state index contributed by atoms with van der Waals surface area (Å²) in [4.78, 5) is 12.5. The molecule has 0 spiro atoms. The second-order valence-electron chi connectivity index (χ2n) is 7.86. The molecule has 0 saturated carbocycles. The van der Waals surface area contributed by atoms with E-state index in [0.717, 1.165) is 70.2 Å². The van der Waals surface area contributed by atoms with Gasteiger partial charge in [0, 0.05) is 48.2 Å². The number of thiazole rings is 1. The van der Waals surface area contributed by atoms with Crippen molar-refractivity contribution in [1.29, 1.82) is 0 Å². The average Bonchev–Trinajstić information content (AvgIpc) is 3.22. The van der Waals surface area contributed by atoms with Crippen LogP contribution in [0.25, 0.3) is 21.1 Å². The van der Waals surface area contributed by atoms with Crippen molar-refractivity contribution in [3.05, 3.63) is 54.2 Å². The van der Waals surface area contributed by atoms with E-state index in [2.05, 4.69) is 38.4 Å². The topological polar surface area (TPSA) is 59.5 Å². The molecule has 1 aliphatic rings. The molecule has 1 fully saturated rings. The molecule has 1 aliphatic heterocycles. The molecule has 2 aromatic carbocycles. The summed E-state index contributed by atoms with van der Waals surface area (Å²) in [6, 6.07) is 14.8. The predicted octanol–water partition coefficient (Wildman–Crippen LogP) is 4.94. The number of anilines is 1. The summed E-state index contributed by atoms with van der Waals surface area (Å²) in [5.41, 5.74) is 2.13. The van der Waals surface area contributed by atoms with Gasteiger partial charge in [0.15, 0.2) is 5.13 Å². The summed E-state index contributed by atoms with van der Waals surface area (Å²) >= 11 is 1.63. The summed E-state index contributed by atoms with van der Waals surface area (Å²) in [6.07, 6.45) is 3.98. The lowest BCUT2D eigenvalue weighted by Gasteiger charge is -2.32. The third kappa shape index (κ3) is 4.03. The van der Waals surface area contributed by atoms with E-state index in [-0.39, 0.29) is 0 Å². The molecule has 0 atom stereocenters. The SMILES string of the molecule is COc1cc(CN2CCC(Nc3nc4cccnc4s3)CC2)c(OC)c2ccccc12. The number of ether oxygens (including phenoxy) is 2. The number of nitrogens with one attached hydrogen (secondary N) is 1. The van der Waals surface area contributed by atoms with E-state index >= 15 is 0 Å². The van der Waals surface area contributed by atoms with E-state index in [0.29, 0.717) is 6.04 Å². The van der Waals surface area contributed by atoms with E-state index in [9.17, 15) is 0 Å². The molecule has 1 saturated heterocycles. The number of piperidine rings is 1. The van der Waals surface area contributed by atoms with Gasteiger partial charge >= 0.3 is 0 Å². The lowest BCUT2D eigenvalue weighted by molar-refractivity contribution is 0.209. The van der Waals surface area contributed by atoms with Crippen LogP contribution in [0.15, 0.2) is 48.7 Å². The Morgan fingerprint density at radius 1 is 1.06 bits per heavy atom. The minimum Gasteiger partial charge on any atom is -0.496 e. The number of rotatable bonds is 6. The second-order valence-corrected chi connectivity index (χ2v) is 8.84. The first-order valence-corrected chi connectivity index (χ1v) is 11.4. The molecule has 3 heterocycles. The fraction of sp³-hybridized carbons (Fsp3) is 0.333. The number of hydrogen-bond acceptors (Lipinski definition) is 7. The Balaban J connectivity index is 1.27. The van der Waals surface area contributed by atoms with Gasteiger partial charge < -0.3 is 14.8 Å². The van der Waals surface area contributed by atoms with Crippen LogP contribution < -0.4 is 14.8 Å². The van der Waals surface area contributed by atoms with Gasteiger partial charge in [-0.1, -0.05) is 35.6 Å². The van der Waals surface area contributed by atoms with Crippen LogP contribution in [0.1, 0.15) is 18.4 Å². The van der Waals surface area contributed by atoms with Gasteiger partial charge in [0.25, 0.3) is 0 Å². The van der Waals surface area contributed by atoms with Gasteiger partial charge in [0.05, 0.1) is 14.2 Å². The highest BCUT2D eigenvalue weighted by Gasteiger charge is 2.22. The fourth-order valence-corrected chi connectivity index (χ4v) is 5.26. The van der Waals surface area contributed by atoms with Crippen molar-refractivity contribution in [2.45, 2.75) is 25.4 Å². The predicted molar refractivity (Wildman–Crippen MR) is 126 cm³/mol. The summed E-state index contributed by atoms with van der Waals surface area (Å²) in [5, 5.41) is 6.76. The molecule has 31 heavy (non-hydrogen) atoms. The highest BCUT2D eigenvalue weighted by Crippen LogP contribution is 2.37. The number of hydrogen-bond donors (Lipinski definition) is 1. The average molecular weight is 435 g/mol. The number of aromatic nitrogens is 2. The number of fused-ring (bicyclic) bond motifs is 2. The standard InChI is InChI=1S/C24H26N4O2S/c1-29-21-14-16(22(30-2)19-7-4-3-6-18(19)21)15-28-12-9-17(10-13-28)26-24-27-20-8-5-11-25-23(20)31-24/h3-8,11,14,17H,9-10,12-13,15H2,1-2H3,(H,26,27). The lowest BCUT2D eigenvalue weighted by Crippen LogP contribution is -2.38. The molecule has 2 aromatic heterocycles. The van der Waals surface area contributed by atoms with E-state index in [1.54, 1.807) is 25.6 Å². The minimum atomic E-state index is 0.435. The smallest absolute Gasteiger partial charge is 0.185 e. The van der Waals surface area contributed by atoms with E-state index in [1.165, 1.54) is 5.56 Å². The Morgan fingerprint density at radius 3 is 2.61 bits per heavy atom. The van der Waals surface area contributed by atoms with E-state index in [4.69, 9.17) is 9.47 Å². The van der Waals surface area contributed by atoms with E-state index < -0.39 is 0 Å². The molecule has 4 aromatic rings. The van der Waals surface area contributed by atoms with Crippen molar-refractivity contribution >= 4 is 37.6 Å². The van der Waals surface area contributed by atoms with Crippen LogP contribution in [-0.2, 0) is 6.54 Å². The Bertz CT molecular complexity index is 1170. The molecule has 0 unspecified atom stereocenters. The number of methoxy groups -OCH3 is 2. The molecule has 0 bridgehead atoms. The quantitative estimate of drug-likeness (QED) is 0.464. The summed E-state index contributed by atoms with van der Waals surface area (Å²) in [6.45, 7) is 2.90. The normalized spacial score (nSPS) is 15.4. The zero-order chi connectivity index (χ0) is 21.2. The monoisotopic (exact) mass is 434 g/mol. The van der Waals surface area contributed by atoms with Crippen molar-refractivity contribution in [2.24, 2.45) is 0 Å². The van der Waals surface area contributed by atoms with Gasteiger partial charge in [-0.25, -0.2) is 9.97 Å². The van der Waals surface area contributed by atoms with Gasteiger partial charge in [0.1, 0.15) is 21.8 Å². The van der Waals surface area contributed by atoms with Crippen LogP contribution >= 0.6 is 11.3 Å². The fourth-order valence-electron chi connectivity index (χ4n) is 4.38.